The van der Waals surface area contributed by atoms with Crippen LogP contribution >= 0.6 is 11.8 Å². The van der Waals surface area contributed by atoms with Crippen LogP contribution in [-0.4, -0.2) is 27.5 Å². The van der Waals surface area contributed by atoms with Gasteiger partial charge in [0.2, 0.25) is 0 Å². The van der Waals surface area contributed by atoms with Crippen LogP contribution in [0.5, 0.6) is 0 Å². The third-order valence-corrected chi connectivity index (χ3v) is 4.71. The number of nitrogens with zero attached hydrogens (tertiary/aromatic N) is 1. The predicted molar refractivity (Wildman–Crippen MR) is 71.3 cm³/mol. The Kier molecular flexibility index (Phi) is 3.22. The average molecular weight is 281 g/mol. The molecule has 0 bridgehead atoms. The number of carboxylic acids is 1. The second-order valence-electron chi connectivity index (χ2n) is 4.99. The molecule has 1 amide bonds. The summed E-state index contributed by atoms with van der Waals surface area (Å²) in [6, 6.07) is 0. The fraction of sp³-hybridized carbons (Fsp3) is 0.583. The third-order valence-electron chi connectivity index (χ3n) is 3.55. The molecular formula is C12H15N3O3S. The molecule has 2 aliphatic carbocycles. The molecule has 0 aromatic heterocycles. The van der Waals surface area contributed by atoms with E-state index in [-0.39, 0.29) is 16.9 Å². The van der Waals surface area contributed by atoms with Gasteiger partial charge in [-0.1, -0.05) is 11.8 Å². The standard InChI is InChI=1S/C12H15N3O3S/c16-9(7-2-1-3-8(7)11(17)18)13-12-15-14-10(19-12)6-4-5-6/h6,10,14H,1-5H2,(H,17,18)(H,13,15,16). The van der Waals surface area contributed by atoms with Gasteiger partial charge in [0, 0.05) is 11.1 Å². The van der Waals surface area contributed by atoms with Gasteiger partial charge in [-0.15, -0.1) is 0 Å². The zero-order valence-corrected chi connectivity index (χ0v) is 11.1. The molecule has 1 aliphatic heterocycles. The number of thioether (sulfide) groups is 1. The molecule has 3 rings (SSSR count). The van der Waals surface area contributed by atoms with Crippen LogP contribution in [0.3, 0.4) is 0 Å². The van der Waals surface area contributed by atoms with Crippen LogP contribution in [0.2, 0.25) is 0 Å². The Labute approximate surface area is 114 Å². The first-order valence-corrected chi connectivity index (χ1v) is 7.29. The maximum absolute atomic E-state index is 12.1. The predicted octanol–water partition coefficient (Wildman–Crippen LogP) is 1.01. The Balaban J connectivity index is 1.62. The van der Waals surface area contributed by atoms with E-state index in [0.29, 0.717) is 29.5 Å². The minimum absolute atomic E-state index is 0.243. The quantitative estimate of drug-likeness (QED) is 0.718. The van der Waals surface area contributed by atoms with Crippen LogP contribution in [0.15, 0.2) is 16.2 Å². The van der Waals surface area contributed by atoms with E-state index in [1.54, 1.807) is 0 Å². The first-order chi connectivity index (χ1) is 9.15. The Hall–Kier alpha value is -1.50. The molecule has 1 saturated carbocycles. The van der Waals surface area contributed by atoms with Crippen LogP contribution in [0.1, 0.15) is 32.1 Å². The fourth-order valence-corrected chi connectivity index (χ4v) is 3.42. The molecule has 1 atom stereocenters. The summed E-state index contributed by atoms with van der Waals surface area (Å²) in [5.74, 6) is -0.666. The van der Waals surface area contributed by atoms with Gasteiger partial charge >= 0.3 is 5.97 Å². The largest absolute Gasteiger partial charge is 0.478 e. The van der Waals surface area contributed by atoms with E-state index in [1.807, 2.05) is 0 Å². The van der Waals surface area contributed by atoms with Crippen molar-refractivity contribution < 1.29 is 14.7 Å². The van der Waals surface area contributed by atoms with Gasteiger partial charge in [0.15, 0.2) is 5.17 Å². The second kappa shape index (κ2) is 4.88. The molecule has 0 aromatic rings. The summed E-state index contributed by atoms with van der Waals surface area (Å²) in [5.41, 5.74) is 3.64. The van der Waals surface area contributed by atoms with E-state index in [0.717, 1.165) is 6.42 Å². The first kappa shape index (κ1) is 12.5. The Morgan fingerprint density at radius 2 is 2.05 bits per heavy atom. The molecule has 3 N–H and O–H groups in total. The van der Waals surface area contributed by atoms with Crippen LogP contribution in [0.4, 0.5) is 0 Å². The fourth-order valence-electron chi connectivity index (χ4n) is 2.36. The number of aliphatic carboxylic acids is 1. The average Bonchev–Trinajstić information content (AvgIpc) is 2.92. The summed E-state index contributed by atoms with van der Waals surface area (Å²) in [5, 5.41) is 16.6. The Morgan fingerprint density at radius 1 is 1.32 bits per heavy atom. The van der Waals surface area contributed by atoms with Gasteiger partial charge in [0.1, 0.15) is 0 Å². The van der Waals surface area contributed by atoms with Gasteiger partial charge in [-0.25, -0.2) is 4.79 Å². The molecule has 19 heavy (non-hydrogen) atoms. The van der Waals surface area contributed by atoms with E-state index in [2.05, 4.69) is 15.8 Å². The minimum Gasteiger partial charge on any atom is -0.478 e. The van der Waals surface area contributed by atoms with Gasteiger partial charge in [0.25, 0.3) is 5.91 Å². The highest BCUT2D eigenvalue weighted by Crippen LogP contribution is 2.39. The van der Waals surface area contributed by atoms with Crippen LogP contribution in [0, 0.1) is 5.92 Å². The van der Waals surface area contributed by atoms with Crippen molar-refractivity contribution >= 4 is 28.8 Å². The molecule has 0 aromatic carbocycles. The highest BCUT2D eigenvalue weighted by Gasteiger charge is 2.36. The first-order valence-electron chi connectivity index (χ1n) is 6.41. The van der Waals surface area contributed by atoms with Gasteiger partial charge < -0.3 is 5.11 Å². The van der Waals surface area contributed by atoms with Gasteiger partial charge in [-0.2, -0.15) is 5.10 Å². The number of amides is 1. The summed E-state index contributed by atoms with van der Waals surface area (Å²) >= 11 is 1.51. The topological polar surface area (TPSA) is 90.8 Å². The van der Waals surface area contributed by atoms with Crippen molar-refractivity contribution in [3.63, 3.8) is 0 Å². The minimum atomic E-state index is -0.988. The van der Waals surface area contributed by atoms with E-state index in [9.17, 15) is 9.59 Å². The number of rotatable bonds is 3. The molecule has 0 radical (unpaired) electrons. The molecular weight excluding hydrogens is 266 g/mol. The summed E-state index contributed by atoms with van der Waals surface area (Å²) < 4.78 is 0. The highest BCUT2D eigenvalue weighted by molar-refractivity contribution is 8.14. The maximum Gasteiger partial charge on any atom is 0.332 e. The number of amidine groups is 1. The van der Waals surface area contributed by atoms with Crippen molar-refractivity contribution in [1.29, 1.82) is 0 Å². The highest BCUT2D eigenvalue weighted by atomic mass is 32.2. The normalized spacial score (nSPS) is 26.1. The smallest absolute Gasteiger partial charge is 0.332 e. The molecule has 6 nitrogen and oxygen atoms in total. The number of hydrazone groups is 1. The third kappa shape index (κ3) is 2.60. The van der Waals surface area contributed by atoms with Gasteiger partial charge in [-0.05, 0) is 38.0 Å². The number of carbonyl (C=O) groups is 2. The SMILES string of the molecule is O=C(O)C1=C(C(=O)NC2=NNC(C3CC3)S2)CCC1. The van der Waals surface area contributed by atoms with E-state index in [1.165, 1.54) is 24.6 Å². The molecule has 0 spiro atoms. The summed E-state index contributed by atoms with van der Waals surface area (Å²) in [7, 11) is 0. The number of hydrogen-bond acceptors (Lipinski definition) is 5. The van der Waals surface area contributed by atoms with Crippen molar-refractivity contribution in [2.75, 3.05) is 0 Å². The molecule has 102 valence electrons. The lowest BCUT2D eigenvalue weighted by Gasteiger charge is -2.07. The Bertz CT molecular complexity index is 496. The van der Waals surface area contributed by atoms with Crippen LogP contribution in [0.25, 0.3) is 0 Å². The summed E-state index contributed by atoms with van der Waals surface area (Å²) in [4.78, 5) is 23.1. The van der Waals surface area contributed by atoms with Crippen molar-refractivity contribution in [2.45, 2.75) is 37.5 Å². The number of nitrogens with one attached hydrogen (secondary N) is 2. The lowest BCUT2D eigenvalue weighted by Crippen LogP contribution is -2.29. The lowest BCUT2D eigenvalue weighted by atomic mass is 10.1. The zero-order valence-electron chi connectivity index (χ0n) is 10.3. The van der Waals surface area contributed by atoms with Crippen molar-refractivity contribution in [1.82, 2.24) is 10.7 Å². The number of carbonyl (C=O) groups excluding carboxylic acids is 1. The zero-order chi connectivity index (χ0) is 13.4. The van der Waals surface area contributed by atoms with Crippen molar-refractivity contribution in [2.24, 2.45) is 11.0 Å². The molecule has 1 heterocycles. The van der Waals surface area contributed by atoms with Crippen molar-refractivity contribution in [3.05, 3.63) is 11.1 Å². The second-order valence-corrected chi connectivity index (χ2v) is 6.12. The molecule has 3 aliphatic rings. The maximum atomic E-state index is 12.1. The lowest BCUT2D eigenvalue weighted by molar-refractivity contribution is -0.133. The monoisotopic (exact) mass is 281 g/mol. The molecule has 0 saturated heterocycles. The van der Waals surface area contributed by atoms with Crippen molar-refractivity contribution in [3.8, 4) is 0 Å². The van der Waals surface area contributed by atoms with Crippen LogP contribution in [-0.2, 0) is 9.59 Å². The number of carboxylic acid groups (broad SMARTS) is 1. The van der Waals surface area contributed by atoms with Gasteiger partial charge in [-0.3, -0.25) is 15.5 Å². The molecule has 7 heteroatoms. The molecule has 1 fully saturated rings. The van der Waals surface area contributed by atoms with E-state index >= 15 is 0 Å². The molecule has 1 unspecified atom stereocenters. The summed E-state index contributed by atoms with van der Waals surface area (Å²) in [6.07, 6.45) is 4.14. The van der Waals surface area contributed by atoms with Crippen LogP contribution < -0.4 is 10.7 Å². The number of hydrogen-bond donors (Lipinski definition) is 3. The van der Waals surface area contributed by atoms with E-state index in [4.69, 9.17) is 5.11 Å². The van der Waals surface area contributed by atoms with E-state index < -0.39 is 5.97 Å². The summed E-state index contributed by atoms with van der Waals surface area (Å²) in [6.45, 7) is 0. The Morgan fingerprint density at radius 3 is 2.74 bits per heavy atom. The van der Waals surface area contributed by atoms with Gasteiger partial charge in [0.05, 0.1) is 5.37 Å².